The van der Waals surface area contributed by atoms with Gasteiger partial charge in [0, 0.05) is 13.5 Å². The lowest BCUT2D eigenvalue weighted by Crippen LogP contribution is -2.37. The zero-order valence-corrected chi connectivity index (χ0v) is 8.99. The van der Waals surface area contributed by atoms with Crippen molar-refractivity contribution in [1.29, 1.82) is 0 Å². The highest BCUT2D eigenvalue weighted by Gasteiger charge is 2.74. The predicted molar refractivity (Wildman–Crippen MR) is 52.5 cm³/mol. The van der Waals surface area contributed by atoms with Crippen molar-refractivity contribution in [1.82, 2.24) is 0 Å². The van der Waals surface area contributed by atoms with E-state index in [2.05, 4.69) is 9.47 Å². The van der Waals surface area contributed by atoms with Crippen molar-refractivity contribution < 1.29 is 27.8 Å². The van der Waals surface area contributed by atoms with Gasteiger partial charge in [-0.15, -0.1) is 0 Å². The molecule has 1 heterocycles. The van der Waals surface area contributed by atoms with E-state index in [0.29, 0.717) is 5.56 Å². The van der Waals surface area contributed by atoms with Gasteiger partial charge in [-0.3, -0.25) is 0 Å². The molecular weight excluding hydrogens is 237 g/mol. The molecule has 1 N–H and O–H groups in total. The Morgan fingerprint density at radius 3 is 2.35 bits per heavy atom. The molecule has 0 saturated carbocycles. The molecule has 3 nitrogen and oxygen atoms in total. The van der Waals surface area contributed by atoms with Crippen molar-refractivity contribution in [2.24, 2.45) is 0 Å². The first-order chi connectivity index (χ1) is 7.89. The van der Waals surface area contributed by atoms with E-state index < -0.39 is 18.1 Å². The second-order valence-electron chi connectivity index (χ2n) is 3.85. The van der Waals surface area contributed by atoms with Gasteiger partial charge in [-0.25, -0.2) is 0 Å². The van der Waals surface area contributed by atoms with Crippen LogP contribution in [-0.2, 0) is 15.9 Å². The van der Waals surface area contributed by atoms with Gasteiger partial charge in [-0.2, -0.15) is 13.2 Å². The summed E-state index contributed by atoms with van der Waals surface area (Å²) in [5.74, 6) is -2.40. The Balaban J connectivity index is 2.06. The highest BCUT2D eigenvalue weighted by molar-refractivity contribution is 5.27. The average Bonchev–Trinajstić information content (AvgIpc) is 2.96. The summed E-state index contributed by atoms with van der Waals surface area (Å²) in [6.45, 7) is 0. The van der Waals surface area contributed by atoms with Crippen LogP contribution >= 0.6 is 0 Å². The molecule has 1 unspecified atom stereocenters. The third-order valence-electron chi connectivity index (χ3n) is 2.74. The Bertz CT molecular complexity index is 401. The normalized spacial score (nSPS) is 28.1. The number of phenols is 1. The molecular formula is C11H11F3O3. The Labute approximate surface area is 95.8 Å². The van der Waals surface area contributed by atoms with Crippen LogP contribution in [0.25, 0.3) is 0 Å². The van der Waals surface area contributed by atoms with Gasteiger partial charge in [-0.05, 0) is 17.7 Å². The molecule has 2 atom stereocenters. The van der Waals surface area contributed by atoms with E-state index in [1.807, 2.05) is 0 Å². The number of halogens is 3. The lowest BCUT2D eigenvalue weighted by Gasteiger charge is -2.14. The first-order valence-electron chi connectivity index (χ1n) is 4.96. The van der Waals surface area contributed by atoms with Crippen LogP contribution in [0.4, 0.5) is 13.2 Å². The number of aromatic hydroxyl groups is 1. The molecule has 0 aliphatic carbocycles. The van der Waals surface area contributed by atoms with Crippen LogP contribution in [0.5, 0.6) is 5.75 Å². The minimum Gasteiger partial charge on any atom is -0.508 e. The third-order valence-corrected chi connectivity index (χ3v) is 2.74. The van der Waals surface area contributed by atoms with E-state index in [0.717, 1.165) is 7.11 Å². The molecule has 1 aliphatic heterocycles. The molecule has 0 radical (unpaired) electrons. The first-order valence-corrected chi connectivity index (χ1v) is 4.96. The van der Waals surface area contributed by atoms with Crippen molar-refractivity contribution in [3.63, 3.8) is 0 Å². The minimum absolute atomic E-state index is 0.0688. The Hall–Kier alpha value is -1.27. The van der Waals surface area contributed by atoms with Crippen LogP contribution in [0.2, 0.25) is 0 Å². The standard InChI is InChI=1S/C11H11F3O3/c1-16-10(11(12,13)14)9(17-10)6-7-2-4-8(15)5-3-7/h2-5,9,15H,6H2,1H3/t9-,10?/m1/s1. The molecule has 0 spiro atoms. The monoisotopic (exact) mass is 248 g/mol. The molecule has 1 fully saturated rings. The van der Waals surface area contributed by atoms with Crippen LogP contribution in [0.1, 0.15) is 5.56 Å². The van der Waals surface area contributed by atoms with Gasteiger partial charge in [0.05, 0.1) is 0 Å². The predicted octanol–water partition coefficient (Wildman–Crippen LogP) is 2.24. The highest BCUT2D eigenvalue weighted by atomic mass is 19.4. The van der Waals surface area contributed by atoms with Crippen molar-refractivity contribution in [2.45, 2.75) is 24.5 Å². The van der Waals surface area contributed by atoms with Gasteiger partial charge in [0.1, 0.15) is 11.9 Å². The fraction of sp³-hybridized carbons (Fsp3) is 0.455. The van der Waals surface area contributed by atoms with Crippen LogP contribution in [-0.4, -0.2) is 30.3 Å². The van der Waals surface area contributed by atoms with Gasteiger partial charge in [-0.1, -0.05) is 12.1 Å². The Morgan fingerprint density at radius 2 is 1.94 bits per heavy atom. The molecule has 0 amide bonds. The van der Waals surface area contributed by atoms with Crippen molar-refractivity contribution in [3.8, 4) is 5.75 Å². The molecule has 17 heavy (non-hydrogen) atoms. The second kappa shape index (κ2) is 3.89. The van der Waals surface area contributed by atoms with Crippen LogP contribution < -0.4 is 0 Å². The molecule has 1 aliphatic rings. The van der Waals surface area contributed by atoms with E-state index in [1.54, 1.807) is 12.1 Å². The molecule has 0 bridgehead atoms. The smallest absolute Gasteiger partial charge is 0.446 e. The van der Waals surface area contributed by atoms with Crippen LogP contribution in [0, 0.1) is 0 Å². The molecule has 1 aromatic carbocycles. The fourth-order valence-electron chi connectivity index (χ4n) is 1.74. The molecule has 94 valence electrons. The number of hydrogen-bond donors (Lipinski definition) is 1. The summed E-state index contributed by atoms with van der Waals surface area (Å²) >= 11 is 0. The Kier molecular flexibility index (Phi) is 2.79. The number of epoxide rings is 1. The number of methoxy groups -OCH3 is 1. The maximum Gasteiger partial charge on any atom is 0.446 e. The van der Waals surface area contributed by atoms with E-state index in [4.69, 9.17) is 5.11 Å². The van der Waals surface area contributed by atoms with Crippen molar-refractivity contribution in [2.75, 3.05) is 7.11 Å². The molecule has 0 aromatic heterocycles. The highest BCUT2D eigenvalue weighted by Crippen LogP contribution is 2.51. The van der Waals surface area contributed by atoms with E-state index in [9.17, 15) is 13.2 Å². The number of hydrogen-bond acceptors (Lipinski definition) is 3. The molecule has 2 rings (SSSR count). The summed E-state index contributed by atoms with van der Waals surface area (Å²) in [4.78, 5) is 0. The van der Waals surface area contributed by atoms with Gasteiger partial charge in [0.15, 0.2) is 0 Å². The lowest BCUT2D eigenvalue weighted by atomic mass is 10.1. The van der Waals surface area contributed by atoms with Gasteiger partial charge < -0.3 is 14.6 Å². The van der Waals surface area contributed by atoms with Crippen molar-refractivity contribution in [3.05, 3.63) is 29.8 Å². The second-order valence-corrected chi connectivity index (χ2v) is 3.85. The first kappa shape index (κ1) is 12.2. The largest absolute Gasteiger partial charge is 0.508 e. The quantitative estimate of drug-likeness (QED) is 0.834. The SMILES string of the molecule is COC1(C(F)(F)F)O[C@@H]1Cc1ccc(O)cc1. The average molecular weight is 248 g/mol. The van der Waals surface area contributed by atoms with Crippen molar-refractivity contribution >= 4 is 0 Å². The van der Waals surface area contributed by atoms with E-state index in [-0.39, 0.29) is 12.2 Å². The molecule has 1 aromatic rings. The van der Waals surface area contributed by atoms with Gasteiger partial charge >= 0.3 is 6.18 Å². The fourth-order valence-corrected chi connectivity index (χ4v) is 1.74. The van der Waals surface area contributed by atoms with E-state index in [1.165, 1.54) is 12.1 Å². The number of benzene rings is 1. The summed E-state index contributed by atoms with van der Waals surface area (Å²) in [5, 5.41) is 9.05. The number of ether oxygens (including phenoxy) is 2. The third kappa shape index (κ3) is 2.10. The zero-order valence-electron chi connectivity index (χ0n) is 8.99. The molecule has 1 saturated heterocycles. The summed E-state index contributed by atoms with van der Waals surface area (Å²) in [5.41, 5.74) is 0.649. The summed E-state index contributed by atoms with van der Waals surface area (Å²) in [6.07, 6.45) is -5.48. The maximum absolute atomic E-state index is 12.6. The van der Waals surface area contributed by atoms with Gasteiger partial charge in [0.2, 0.25) is 0 Å². The summed E-state index contributed by atoms with van der Waals surface area (Å²) in [7, 11) is 0.976. The van der Waals surface area contributed by atoms with Crippen LogP contribution in [0.3, 0.4) is 0 Å². The van der Waals surface area contributed by atoms with E-state index >= 15 is 0 Å². The maximum atomic E-state index is 12.6. The number of rotatable bonds is 3. The number of phenolic OH excluding ortho intramolecular Hbond substituents is 1. The minimum atomic E-state index is -4.54. The Morgan fingerprint density at radius 1 is 1.35 bits per heavy atom. The lowest BCUT2D eigenvalue weighted by molar-refractivity contribution is -0.263. The summed E-state index contributed by atoms with van der Waals surface area (Å²) < 4.78 is 46.9. The van der Waals surface area contributed by atoms with Crippen LogP contribution in [0.15, 0.2) is 24.3 Å². The topological polar surface area (TPSA) is 42.0 Å². The number of alkyl halides is 3. The summed E-state index contributed by atoms with van der Waals surface area (Å²) in [6, 6.07) is 5.93. The van der Waals surface area contributed by atoms with Gasteiger partial charge in [0.25, 0.3) is 5.79 Å². The molecule has 6 heteroatoms. The zero-order chi connectivity index (χ0) is 12.7.